The van der Waals surface area contributed by atoms with Crippen molar-refractivity contribution in [1.29, 1.82) is 0 Å². The zero-order chi connectivity index (χ0) is 14.7. The Morgan fingerprint density at radius 3 is 2.36 bits per heavy atom. The number of rotatable bonds is 1. The molecule has 0 aliphatic heterocycles. The summed E-state index contributed by atoms with van der Waals surface area (Å²) in [5.41, 5.74) is 2.73. The van der Waals surface area contributed by atoms with Gasteiger partial charge in [0.2, 0.25) is 0 Å². The molecule has 0 bridgehead atoms. The molecule has 3 aromatic carbocycles. The molecule has 1 nitrogen and oxygen atoms in total. The van der Waals surface area contributed by atoms with Crippen LogP contribution in [0.3, 0.4) is 0 Å². The molecule has 0 saturated carbocycles. The number of nitrogens with zero attached hydrogens (tertiary/aromatic N) is 1. The van der Waals surface area contributed by atoms with E-state index in [1.807, 2.05) is 11.3 Å². The standard InChI is InChI=1S/C20H15NS/c1-2-21-17-9-5-3-7-13(17)15-11-12-16-14-8-4-6-10-18(14)22-20(16)19(15)21/h3-12H,2H2,1H3. The first-order chi connectivity index (χ1) is 10.9. The Labute approximate surface area is 132 Å². The summed E-state index contributed by atoms with van der Waals surface area (Å²) < 4.78 is 5.25. The maximum absolute atomic E-state index is 2.46. The first-order valence-corrected chi connectivity index (χ1v) is 8.51. The van der Waals surface area contributed by atoms with E-state index in [0.717, 1.165) is 6.54 Å². The fourth-order valence-electron chi connectivity index (χ4n) is 3.65. The summed E-state index contributed by atoms with van der Waals surface area (Å²) in [4.78, 5) is 0. The van der Waals surface area contributed by atoms with Gasteiger partial charge in [-0.2, -0.15) is 0 Å². The predicted molar refractivity (Wildman–Crippen MR) is 98.0 cm³/mol. The number of aromatic nitrogens is 1. The van der Waals surface area contributed by atoms with Crippen LogP contribution in [0.5, 0.6) is 0 Å². The SMILES string of the molecule is CCn1c2ccccc2c2ccc3c4ccccc4sc3c21. The molecule has 2 heteroatoms. The fourth-order valence-corrected chi connectivity index (χ4v) is 4.90. The van der Waals surface area contributed by atoms with Crippen molar-refractivity contribution in [3.63, 3.8) is 0 Å². The second-order valence-electron chi connectivity index (χ2n) is 5.70. The summed E-state index contributed by atoms with van der Waals surface area (Å²) in [6.45, 7) is 3.23. The van der Waals surface area contributed by atoms with E-state index in [4.69, 9.17) is 0 Å². The molecule has 0 spiro atoms. The van der Waals surface area contributed by atoms with Crippen LogP contribution in [0.4, 0.5) is 0 Å². The third kappa shape index (κ3) is 1.43. The van der Waals surface area contributed by atoms with E-state index < -0.39 is 0 Å². The van der Waals surface area contributed by atoms with Crippen molar-refractivity contribution in [2.24, 2.45) is 0 Å². The van der Waals surface area contributed by atoms with Gasteiger partial charge < -0.3 is 4.57 Å². The van der Waals surface area contributed by atoms with Gasteiger partial charge >= 0.3 is 0 Å². The molecule has 106 valence electrons. The molecule has 0 amide bonds. The topological polar surface area (TPSA) is 4.93 Å². The average Bonchev–Trinajstić information content (AvgIpc) is 3.10. The van der Waals surface area contributed by atoms with Crippen molar-refractivity contribution in [2.45, 2.75) is 13.5 Å². The molecule has 0 unspecified atom stereocenters. The molecular formula is C20H15NS. The Bertz CT molecular complexity index is 1160. The van der Waals surface area contributed by atoms with Gasteiger partial charge in [-0.1, -0.05) is 48.5 Å². The molecule has 2 heterocycles. The Hall–Kier alpha value is -2.32. The van der Waals surface area contributed by atoms with E-state index in [1.165, 1.54) is 42.0 Å². The van der Waals surface area contributed by atoms with Gasteiger partial charge in [0.25, 0.3) is 0 Å². The molecule has 22 heavy (non-hydrogen) atoms. The van der Waals surface area contributed by atoms with Crippen molar-refractivity contribution in [3.8, 4) is 0 Å². The van der Waals surface area contributed by atoms with Gasteiger partial charge in [-0.3, -0.25) is 0 Å². The zero-order valence-corrected chi connectivity index (χ0v) is 13.2. The Morgan fingerprint density at radius 2 is 1.50 bits per heavy atom. The summed E-state index contributed by atoms with van der Waals surface area (Å²) in [5, 5.41) is 5.48. The molecular weight excluding hydrogens is 286 g/mol. The number of fused-ring (bicyclic) bond motifs is 7. The summed E-state index contributed by atoms with van der Waals surface area (Å²) in [6.07, 6.45) is 0. The van der Waals surface area contributed by atoms with Crippen molar-refractivity contribution in [2.75, 3.05) is 0 Å². The lowest BCUT2D eigenvalue weighted by molar-refractivity contribution is 0.830. The molecule has 0 fully saturated rings. The third-order valence-electron chi connectivity index (χ3n) is 4.59. The minimum Gasteiger partial charge on any atom is -0.340 e. The number of thiophene rings is 1. The normalized spacial score (nSPS) is 12.0. The van der Waals surface area contributed by atoms with Crippen LogP contribution in [0.15, 0.2) is 60.7 Å². The Kier molecular flexibility index (Phi) is 2.42. The maximum Gasteiger partial charge on any atom is 0.0672 e. The summed E-state index contributed by atoms with van der Waals surface area (Å²) in [6, 6.07) is 22.1. The number of para-hydroxylation sites is 1. The van der Waals surface area contributed by atoms with Gasteiger partial charge in [-0.15, -0.1) is 11.3 Å². The van der Waals surface area contributed by atoms with Crippen LogP contribution < -0.4 is 0 Å². The highest BCUT2D eigenvalue weighted by atomic mass is 32.1. The van der Waals surface area contributed by atoms with Gasteiger partial charge in [-0.05, 0) is 19.1 Å². The van der Waals surface area contributed by atoms with Crippen LogP contribution in [-0.2, 0) is 6.54 Å². The Morgan fingerprint density at radius 1 is 0.773 bits per heavy atom. The molecule has 5 rings (SSSR count). The average molecular weight is 301 g/mol. The Balaban J connectivity index is 2.12. The van der Waals surface area contributed by atoms with E-state index in [-0.39, 0.29) is 0 Å². The van der Waals surface area contributed by atoms with E-state index in [0.29, 0.717) is 0 Å². The first kappa shape index (κ1) is 12.2. The van der Waals surface area contributed by atoms with Crippen LogP contribution in [0.2, 0.25) is 0 Å². The molecule has 0 aliphatic rings. The second-order valence-corrected chi connectivity index (χ2v) is 6.75. The van der Waals surface area contributed by atoms with E-state index in [1.54, 1.807) is 0 Å². The van der Waals surface area contributed by atoms with Crippen LogP contribution >= 0.6 is 11.3 Å². The lowest BCUT2D eigenvalue weighted by Gasteiger charge is -2.03. The molecule has 0 radical (unpaired) electrons. The second kappa shape index (κ2) is 4.34. The van der Waals surface area contributed by atoms with Crippen LogP contribution in [0.25, 0.3) is 42.0 Å². The van der Waals surface area contributed by atoms with Gasteiger partial charge in [0.1, 0.15) is 0 Å². The van der Waals surface area contributed by atoms with Gasteiger partial charge in [0.15, 0.2) is 0 Å². The first-order valence-electron chi connectivity index (χ1n) is 7.69. The van der Waals surface area contributed by atoms with E-state index >= 15 is 0 Å². The molecule has 5 aromatic rings. The lowest BCUT2D eigenvalue weighted by atomic mass is 10.1. The zero-order valence-electron chi connectivity index (χ0n) is 12.3. The highest BCUT2D eigenvalue weighted by molar-refractivity contribution is 7.26. The van der Waals surface area contributed by atoms with Crippen molar-refractivity contribution < 1.29 is 0 Å². The quantitative estimate of drug-likeness (QED) is 0.348. The lowest BCUT2D eigenvalue weighted by Crippen LogP contribution is -1.92. The molecule has 0 saturated heterocycles. The van der Waals surface area contributed by atoms with E-state index in [2.05, 4.69) is 72.2 Å². The molecule has 2 aromatic heterocycles. The number of benzene rings is 3. The van der Waals surface area contributed by atoms with E-state index in [9.17, 15) is 0 Å². The van der Waals surface area contributed by atoms with Crippen LogP contribution in [0, 0.1) is 0 Å². The third-order valence-corrected chi connectivity index (χ3v) is 5.79. The van der Waals surface area contributed by atoms with Crippen LogP contribution in [-0.4, -0.2) is 4.57 Å². The molecule has 0 atom stereocenters. The number of hydrogen-bond donors (Lipinski definition) is 0. The highest BCUT2D eigenvalue weighted by Crippen LogP contribution is 2.41. The number of aryl methyl sites for hydroxylation is 1. The number of hydrogen-bond acceptors (Lipinski definition) is 1. The highest BCUT2D eigenvalue weighted by Gasteiger charge is 2.15. The fraction of sp³-hybridized carbons (Fsp3) is 0.100. The largest absolute Gasteiger partial charge is 0.340 e. The van der Waals surface area contributed by atoms with Crippen LogP contribution in [0.1, 0.15) is 6.92 Å². The van der Waals surface area contributed by atoms with Crippen molar-refractivity contribution >= 4 is 53.3 Å². The predicted octanol–water partition coefficient (Wildman–Crippen LogP) is 6.18. The van der Waals surface area contributed by atoms with Crippen molar-refractivity contribution in [3.05, 3.63) is 60.7 Å². The summed E-state index contributed by atoms with van der Waals surface area (Å²) in [5.74, 6) is 0. The minimum absolute atomic E-state index is 0.997. The van der Waals surface area contributed by atoms with Gasteiger partial charge in [0, 0.05) is 38.3 Å². The summed E-state index contributed by atoms with van der Waals surface area (Å²) in [7, 11) is 0. The molecule has 0 N–H and O–H groups in total. The smallest absolute Gasteiger partial charge is 0.0672 e. The summed E-state index contributed by atoms with van der Waals surface area (Å²) >= 11 is 1.92. The minimum atomic E-state index is 0.997. The van der Waals surface area contributed by atoms with Gasteiger partial charge in [-0.25, -0.2) is 0 Å². The maximum atomic E-state index is 2.46. The van der Waals surface area contributed by atoms with Crippen molar-refractivity contribution in [1.82, 2.24) is 4.57 Å². The molecule has 0 aliphatic carbocycles. The van der Waals surface area contributed by atoms with Gasteiger partial charge in [0.05, 0.1) is 10.2 Å². The monoisotopic (exact) mass is 301 g/mol.